The Morgan fingerprint density at radius 3 is 2.57 bits per heavy atom. The first-order valence-corrected chi connectivity index (χ1v) is 7.25. The zero-order valence-corrected chi connectivity index (χ0v) is 13.5. The molecule has 1 amide bonds. The van der Waals surface area contributed by atoms with Gasteiger partial charge in [0.05, 0.1) is 4.92 Å². The molecule has 0 aliphatic carbocycles. The fourth-order valence-electron chi connectivity index (χ4n) is 2.11. The Bertz CT molecular complexity index is 747. The fourth-order valence-corrected chi connectivity index (χ4v) is 2.31. The highest BCUT2D eigenvalue weighted by molar-refractivity contribution is 6.31. The summed E-state index contributed by atoms with van der Waals surface area (Å²) < 4.78 is 0. The number of nitrogens with one attached hydrogen (secondary N) is 1. The summed E-state index contributed by atoms with van der Waals surface area (Å²) in [6, 6.07) is 11.6. The van der Waals surface area contributed by atoms with E-state index >= 15 is 0 Å². The van der Waals surface area contributed by atoms with E-state index in [2.05, 4.69) is 5.32 Å². The van der Waals surface area contributed by atoms with Crippen molar-refractivity contribution in [1.82, 2.24) is 5.32 Å². The highest BCUT2D eigenvalue weighted by Gasteiger charge is 2.18. The molecule has 7 heteroatoms. The minimum atomic E-state index is -0.500. The number of benzene rings is 2. The molecule has 0 radical (unpaired) electrons. The lowest BCUT2D eigenvalue weighted by atomic mass is 10.1. The van der Waals surface area contributed by atoms with Crippen LogP contribution in [0.25, 0.3) is 0 Å². The molecule has 0 aromatic heterocycles. The second-order valence-electron chi connectivity index (χ2n) is 5.13. The topological polar surface area (TPSA) is 75.5 Å². The van der Waals surface area contributed by atoms with Crippen molar-refractivity contribution in [3.63, 3.8) is 0 Å². The predicted molar refractivity (Wildman–Crippen MR) is 90.0 cm³/mol. The van der Waals surface area contributed by atoms with E-state index < -0.39 is 10.8 Å². The van der Waals surface area contributed by atoms with E-state index in [4.69, 9.17) is 11.6 Å². The van der Waals surface area contributed by atoms with Crippen molar-refractivity contribution in [3.05, 3.63) is 68.7 Å². The number of nitro benzene ring substituents is 1. The van der Waals surface area contributed by atoms with E-state index in [0.717, 1.165) is 5.56 Å². The van der Waals surface area contributed by atoms with E-state index in [1.165, 1.54) is 6.07 Å². The van der Waals surface area contributed by atoms with Crippen molar-refractivity contribution in [2.75, 3.05) is 19.0 Å². The highest BCUT2D eigenvalue weighted by Crippen LogP contribution is 2.27. The first kappa shape index (κ1) is 16.8. The molecule has 0 aliphatic heterocycles. The second kappa shape index (κ2) is 7.11. The van der Waals surface area contributed by atoms with Gasteiger partial charge in [-0.15, -0.1) is 0 Å². The Kier molecular flexibility index (Phi) is 5.18. The van der Waals surface area contributed by atoms with Crippen LogP contribution in [0.5, 0.6) is 0 Å². The van der Waals surface area contributed by atoms with Crippen LogP contribution < -0.4 is 10.2 Å². The van der Waals surface area contributed by atoms with Crippen LogP contribution in [-0.4, -0.2) is 24.9 Å². The second-order valence-corrected chi connectivity index (χ2v) is 5.54. The molecule has 0 bridgehead atoms. The number of rotatable bonds is 5. The smallest absolute Gasteiger partial charge is 0.293 e. The van der Waals surface area contributed by atoms with Crippen molar-refractivity contribution in [3.8, 4) is 0 Å². The maximum Gasteiger partial charge on any atom is 0.293 e. The summed E-state index contributed by atoms with van der Waals surface area (Å²) in [5, 5.41) is 14.4. The molecule has 23 heavy (non-hydrogen) atoms. The quantitative estimate of drug-likeness (QED) is 0.673. The highest BCUT2D eigenvalue weighted by atomic mass is 35.5. The van der Waals surface area contributed by atoms with Crippen LogP contribution in [0.4, 0.5) is 11.4 Å². The molecule has 0 fully saturated rings. The number of anilines is 1. The number of hydrogen-bond acceptors (Lipinski definition) is 4. The first-order valence-electron chi connectivity index (χ1n) is 6.87. The molecule has 2 aromatic rings. The summed E-state index contributed by atoms with van der Waals surface area (Å²) >= 11 is 6.03. The first-order chi connectivity index (χ1) is 10.9. The maximum atomic E-state index is 12.2. The molecule has 0 saturated carbocycles. The van der Waals surface area contributed by atoms with Crippen molar-refractivity contribution >= 4 is 28.9 Å². The van der Waals surface area contributed by atoms with Gasteiger partial charge in [-0.2, -0.15) is 0 Å². The van der Waals surface area contributed by atoms with Crippen LogP contribution in [0.2, 0.25) is 5.02 Å². The van der Waals surface area contributed by atoms with Crippen LogP contribution in [0.3, 0.4) is 0 Å². The summed E-state index contributed by atoms with van der Waals surface area (Å²) in [6.45, 7) is 0.252. The number of nitro groups is 1. The Labute approximate surface area is 138 Å². The molecule has 0 aliphatic rings. The average molecular weight is 334 g/mol. The number of hydrogen-bond donors (Lipinski definition) is 1. The Morgan fingerprint density at radius 1 is 1.26 bits per heavy atom. The van der Waals surface area contributed by atoms with Gasteiger partial charge in [0, 0.05) is 37.3 Å². The lowest BCUT2D eigenvalue weighted by Crippen LogP contribution is -2.23. The number of nitrogens with zero attached hydrogens (tertiary/aromatic N) is 2. The lowest BCUT2D eigenvalue weighted by Gasteiger charge is -2.13. The third-order valence-corrected chi connectivity index (χ3v) is 3.68. The molecular formula is C16H16ClN3O3. The van der Waals surface area contributed by atoms with Crippen LogP contribution in [0, 0.1) is 10.1 Å². The van der Waals surface area contributed by atoms with Crippen molar-refractivity contribution in [2.45, 2.75) is 6.54 Å². The van der Waals surface area contributed by atoms with Gasteiger partial charge in [0.1, 0.15) is 5.69 Å². The fraction of sp³-hybridized carbons (Fsp3) is 0.188. The van der Waals surface area contributed by atoms with E-state index in [1.807, 2.05) is 6.07 Å². The van der Waals surface area contributed by atoms with Gasteiger partial charge < -0.3 is 10.2 Å². The molecule has 2 rings (SSSR count). The molecule has 120 valence electrons. The van der Waals surface area contributed by atoms with Crippen molar-refractivity contribution in [1.29, 1.82) is 0 Å². The molecule has 2 aromatic carbocycles. The average Bonchev–Trinajstić information content (AvgIpc) is 2.53. The summed E-state index contributed by atoms with van der Waals surface area (Å²) in [5.74, 6) is -0.390. The van der Waals surface area contributed by atoms with E-state index in [0.29, 0.717) is 10.7 Å². The third-order valence-electron chi connectivity index (χ3n) is 3.31. The molecule has 0 atom stereocenters. The van der Waals surface area contributed by atoms with Crippen LogP contribution in [0.1, 0.15) is 15.9 Å². The molecule has 0 heterocycles. The Morgan fingerprint density at radius 2 is 1.96 bits per heavy atom. The minimum absolute atomic E-state index is 0.111. The van der Waals surface area contributed by atoms with Crippen LogP contribution >= 0.6 is 11.6 Å². The number of amides is 1. The lowest BCUT2D eigenvalue weighted by molar-refractivity contribution is -0.384. The third kappa shape index (κ3) is 3.98. The molecular weight excluding hydrogens is 318 g/mol. The zero-order chi connectivity index (χ0) is 17.0. The van der Waals surface area contributed by atoms with Gasteiger partial charge in [0.15, 0.2) is 0 Å². The standard InChI is InChI=1S/C16H16ClN3O3/c1-19(2)14-8-7-11(9-15(14)20(22)23)16(21)18-10-12-5-3-4-6-13(12)17/h3-9H,10H2,1-2H3,(H,18,21). The van der Waals surface area contributed by atoms with Gasteiger partial charge in [0.2, 0.25) is 0 Å². The molecule has 6 nitrogen and oxygen atoms in total. The van der Waals surface area contributed by atoms with E-state index in [1.54, 1.807) is 49.3 Å². The van der Waals surface area contributed by atoms with Gasteiger partial charge in [-0.05, 0) is 23.8 Å². The SMILES string of the molecule is CN(C)c1ccc(C(=O)NCc2ccccc2Cl)cc1[N+](=O)[O-]. The normalized spacial score (nSPS) is 10.2. The largest absolute Gasteiger partial charge is 0.372 e. The maximum absolute atomic E-state index is 12.2. The molecule has 0 spiro atoms. The summed E-state index contributed by atoms with van der Waals surface area (Å²) in [6.07, 6.45) is 0. The molecule has 0 saturated heterocycles. The van der Waals surface area contributed by atoms with Crippen molar-refractivity contribution in [2.24, 2.45) is 0 Å². The van der Waals surface area contributed by atoms with Gasteiger partial charge in [0.25, 0.3) is 11.6 Å². The number of halogens is 1. The number of carbonyl (C=O) groups excluding carboxylic acids is 1. The monoisotopic (exact) mass is 333 g/mol. The Balaban J connectivity index is 2.18. The number of carbonyl (C=O) groups is 1. The van der Waals surface area contributed by atoms with Crippen LogP contribution in [-0.2, 0) is 6.54 Å². The molecule has 1 N–H and O–H groups in total. The predicted octanol–water partition coefficient (Wildman–Crippen LogP) is 3.24. The van der Waals surface area contributed by atoms with Gasteiger partial charge in [-0.1, -0.05) is 29.8 Å². The van der Waals surface area contributed by atoms with Gasteiger partial charge in [-0.3, -0.25) is 14.9 Å². The zero-order valence-electron chi connectivity index (χ0n) is 12.7. The Hall–Kier alpha value is -2.60. The minimum Gasteiger partial charge on any atom is -0.372 e. The summed E-state index contributed by atoms with van der Waals surface area (Å²) in [7, 11) is 3.42. The van der Waals surface area contributed by atoms with E-state index in [-0.39, 0.29) is 17.8 Å². The molecule has 0 unspecified atom stereocenters. The van der Waals surface area contributed by atoms with Crippen LogP contribution in [0.15, 0.2) is 42.5 Å². The van der Waals surface area contributed by atoms with Crippen molar-refractivity contribution < 1.29 is 9.72 Å². The van der Waals surface area contributed by atoms with E-state index in [9.17, 15) is 14.9 Å². The summed E-state index contributed by atoms with van der Waals surface area (Å²) in [5.41, 5.74) is 1.34. The summed E-state index contributed by atoms with van der Waals surface area (Å²) in [4.78, 5) is 24.5. The van der Waals surface area contributed by atoms with Gasteiger partial charge >= 0.3 is 0 Å². The van der Waals surface area contributed by atoms with Gasteiger partial charge in [-0.25, -0.2) is 0 Å².